The van der Waals surface area contributed by atoms with Crippen LogP contribution in [0.25, 0.3) is 0 Å². The number of hydrogen-bond acceptors (Lipinski definition) is 7. The summed E-state index contributed by atoms with van der Waals surface area (Å²) in [6.45, 7) is 7.85. The first-order valence-corrected chi connectivity index (χ1v) is 10.1. The normalized spacial score (nSPS) is 15.0. The van der Waals surface area contributed by atoms with E-state index >= 15 is 0 Å². The summed E-state index contributed by atoms with van der Waals surface area (Å²) in [5, 5.41) is 3.05. The summed E-state index contributed by atoms with van der Waals surface area (Å²) in [6, 6.07) is 4.73. The molecule has 0 bridgehead atoms. The first-order valence-electron chi connectivity index (χ1n) is 10.1. The fourth-order valence-electron chi connectivity index (χ4n) is 3.31. The molecule has 0 radical (unpaired) electrons. The lowest BCUT2D eigenvalue weighted by Crippen LogP contribution is -2.43. The molecule has 30 heavy (non-hydrogen) atoms. The number of rotatable bonds is 5. The van der Waals surface area contributed by atoms with E-state index in [1.807, 2.05) is 33.9 Å². The van der Waals surface area contributed by atoms with E-state index in [2.05, 4.69) is 25.2 Å². The highest BCUT2D eigenvalue weighted by atomic mass is 19.1. The van der Waals surface area contributed by atoms with Crippen molar-refractivity contribution in [2.24, 2.45) is 5.92 Å². The van der Waals surface area contributed by atoms with Crippen LogP contribution in [-0.2, 0) is 4.74 Å². The van der Waals surface area contributed by atoms with Crippen molar-refractivity contribution in [3.8, 4) is 0 Å². The summed E-state index contributed by atoms with van der Waals surface area (Å²) in [5.74, 6) is 1.95. The Morgan fingerprint density at radius 2 is 1.97 bits per heavy atom. The second-order valence-corrected chi connectivity index (χ2v) is 8.54. The Bertz CT molecular complexity index is 847. The van der Waals surface area contributed by atoms with Crippen molar-refractivity contribution >= 4 is 23.5 Å². The molecule has 0 spiro atoms. The second-order valence-electron chi connectivity index (χ2n) is 8.54. The summed E-state index contributed by atoms with van der Waals surface area (Å²) in [6.07, 6.45) is 4.23. The van der Waals surface area contributed by atoms with Gasteiger partial charge < -0.3 is 19.9 Å². The van der Waals surface area contributed by atoms with Gasteiger partial charge >= 0.3 is 6.09 Å². The fourth-order valence-corrected chi connectivity index (χ4v) is 3.31. The molecule has 1 amide bonds. The monoisotopic (exact) mass is 416 g/mol. The van der Waals surface area contributed by atoms with E-state index in [0.29, 0.717) is 30.6 Å². The average Bonchev–Trinajstić information content (AvgIpc) is 2.69. The predicted octanol–water partition coefficient (Wildman–Crippen LogP) is 3.84. The zero-order valence-electron chi connectivity index (χ0n) is 17.9. The highest BCUT2D eigenvalue weighted by Crippen LogP contribution is 2.23. The number of pyridine rings is 1. The van der Waals surface area contributed by atoms with E-state index in [4.69, 9.17) is 4.74 Å². The van der Waals surface area contributed by atoms with Crippen LogP contribution in [0, 0.1) is 11.7 Å². The standard InChI is InChI=1S/C21H29FN6O2/c1-21(2,3)30-20(29)28-9-7-15(8-10-28)13-27(4)19-11-18(24-14-25-19)26-17-6-5-16(22)12-23-17/h5-6,11-12,14-15H,7-10,13H2,1-4H3,(H,23,24,25,26). The Morgan fingerprint density at radius 1 is 1.23 bits per heavy atom. The van der Waals surface area contributed by atoms with E-state index in [9.17, 15) is 9.18 Å². The number of carbonyl (C=O) groups is 1. The van der Waals surface area contributed by atoms with Gasteiger partial charge in [0, 0.05) is 32.7 Å². The molecule has 2 aromatic rings. The molecule has 1 fully saturated rings. The van der Waals surface area contributed by atoms with Gasteiger partial charge in [-0.05, 0) is 51.7 Å². The molecule has 1 aliphatic rings. The summed E-state index contributed by atoms with van der Waals surface area (Å²) in [5.41, 5.74) is -0.476. The summed E-state index contributed by atoms with van der Waals surface area (Å²) in [7, 11) is 1.99. The van der Waals surface area contributed by atoms with Crippen LogP contribution >= 0.6 is 0 Å². The minimum atomic E-state index is -0.476. The number of nitrogens with zero attached hydrogens (tertiary/aromatic N) is 5. The van der Waals surface area contributed by atoms with Gasteiger partial charge in [-0.3, -0.25) is 0 Å². The zero-order chi connectivity index (χ0) is 21.7. The van der Waals surface area contributed by atoms with Crippen molar-refractivity contribution in [3.05, 3.63) is 36.5 Å². The smallest absolute Gasteiger partial charge is 0.410 e. The molecule has 3 heterocycles. The van der Waals surface area contributed by atoms with Crippen LogP contribution in [0.5, 0.6) is 0 Å². The van der Waals surface area contributed by atoms with Crippen molar-refractivity contribution in [1.82, 2.24) is 19.9 Å². The largest absolute Gasteiger partial charge is 0.444 e. The van der Waals surface area contributed by atoms with E-state index in [-0.39, 0.29) is 11.9 Å². The lowest BCUT2D eigenvalue weighted by Gasteiger charge is -2.35. The third-order valence-electron chi connectivity index (χ3n) is 4.83. The zero-order valence-corrected chi connectivity index (χ0v) is 17.9. The summed E-state index contributed by atoms with van der Waals surface area (Å²) >= 11 is 0. The molecule has 8 nitrogen and oxygen atoms in total. The highest BCUT2D eigenvalue weighted by molar-refractivity contribution is 5.68. The SMILES string of the molecule is CN(CC1CCN(C(=O)OC(C)(C)C)CC1)c1cc(Nc2ccc(F)cn2)ncn1. The van der Waals surface area contributed by atoms with Gasteiger partial charge in [-0.25, -0.2) is 24.1 Å². The van der Waals surface area contributed by atoms with E-state index in [1.165, 1.54) is 12.4 Å². The number of aromatic nitrogens is 3. The third kappa shape index (κ3) is 6.27. The molecule has 2 aromatic heterocycles. The van der Waals surface area contributed by atoms with Gasteiger partial charge in [-0.1, -0.05) is 0 Å². The maximum absolute atomic E-state index is 13.0. The van der Waals surface area contributed by atoms with Gasteiger partial charge in [0.1, 0.15) is 35.2 Å². The van der Waals surface area contributed by atoms with Crippen LogP contribution in [0.15, 0.2) is 30.7 Å². The first-order chi connectivity index (χ1) is 14.2. The van der Waals surface area contributed by atoms with Crippen molar-refractivity contribution < 1.29 is 13.9 Å². The number of anilines is 3. The number of halogens is 1. The fraction of sp³-hybridized carbons (Fsp3) is 0.524. The van der Waals surface area contributed by atoms with Crippen LogP contribution in [0.4, 0.5) is 26.6 Å². The maximum Gasteiger partial charge on any atom is 0.410 e. The van der Waals surface area contributed by atoms with Crippen LogP contribution in [-0.4, -0.2) is 58.2 Å². The van der Waals surface area contributed by atoms with Crippen LogP contribution < -0.4 is 10.2 Å². The van der Waals surface area contributed by atoms with Gasteiger partial charge in [-0.15, -0.1) is 0 Å². The molecule has 0 aromatic carbocycles. The summed E-state index contributed by atoms with van der Waals surface area (Å²) in [4.78, 5) is 28.6. The van der Waals surface area contributed by atoms with Crippen LogP contribution in [0.3, 0.4) is 0 Å². The first kappa shape index (κ1) is 21.7. The number of hydrogen-bond donors (Lipinski definition) is 1. The van der Waals surface area contributed by atoms with E-state index in [0.717, 1.165) is 31.4 Å². The minimum Gasteiger partial charge on any atom is -0.444 e. The molecule has 9 heteroatoms. The third-order valence-corrected chi connectivity index (χ3v) is 4.83. The lowest BCUT2D eigenvalue weighted by molar-refractivity contribution is 0.0186. The molecule has 0 saturated carbocycles. The Morgan fingerprint density at radius 3 is 2.60 bits per heavy atom. The Hall–Kier alpha value is -2.97. The van der Waals surface area contributed by atoms with Gasteiger partial charge in [-0.2, -0.15) is 0 Å². The highest BCUT2D eigenvalue weighted by Gasteiger charge is 2.27. The Labute approximate surface area is 176 Å². The molecule has 0 unspecified atom stereocenters. The van der Waals surface area contributed by atoms with E-state index < -0.39 is 5.60 Å². The summed E-state index contributed by atoms with van der Waals surface area (Å²) < 4.78 is 18.5. The number of piperidine rings is 1. The van der Waals surface area contributed by atoms with Crippen molar-refractivity contribution in [2.75, 3.05) is 36.9 Å². The predicted molar refractivity (Wildman–Crippen MR) is 113 cm³/mol. The van der Waals surface area contributed by atoms with Crippen LogP contribution in [0.2, 0.25) is 0 Å². The molecule has 1 saturated heterocycles. The molecule has 1 aliphatic heterocycles. The topological polar surface area (TPSA) is 83.5 Å². The van der Waals surface area contributed by atoms with Crippen LogP contribution in [0.1, 0.15) is 33.6 Å². The van der Waals surface area contributed by atoms with Gasteiger partial charge in [0.2, 0.25) is 0 Å². The van der Waals surface area contributed by atoms with Gasteiger partial charge in [0.25, 0.3) is 0 Å². The molecule has 3 rings (SSSR count). The van der Waals surface area contributed by atoms with Gasteiger partial charge in [0.15, 0.2) is 0 Å². The molecular weight excluding hydrogens is 387 g/mol. The lowest BCUT2D eigenvalue weighted by atomic mass is 9.96. The molecular formula is C21H29FN6O2. The van der Waals surface area contributed by atoms with Crippen molar-refractivity contribution in [3.63, 3.8) is 0 Å². The Balaban J connectivity index is 1.52. The second kappa shape index (κ2) is 9.23. The van der Waals surface area contributed by atoms with Crippen molar-refractivity contribution in [2.45, 2.75) is 39.2 Å². The van der Waals surface area contributed by atoms with E-state index in [1.54, 1.807) is 11.0 Å². The Kier molecular flexibility index (Phi) is 6.69. The molecule has 1 N–H and O–H groups in total. The number of ether oxygens (including phenoxy) is 1. The quantitative estimate of drug-likeness (QED) is 0.793. The minimum absolute atomic E-state index is 0.241. The number of amides is 1. The van der Waals surface area contributed by atoms with Crippen molar-refractivity contribution in [1.29, 1.82) is 0 Å². The van der Waals surface area contributed by atoms with Gasteiger partial charge in [0.05, 0.1) is 6.20 Å². The maximum atomic E-state index is 13.0. The molecule has 162 valence electrons. The number of carbonyl (C=O) groups excluding carboxylic acids is 1. The average molecular weight is 417 g/mol. The number of likely N-dealkylation sites (tertiary alicyclic amines) is 1. The molecule has 0 atom stereocenters. The molecule has 0 aliphatic carbocycles. The number of nitrogens with one attached hydrogen (secondary N) is 1.